The molecule has 132 valence electrons. The number of aromatic nitrogens is 1. The summed E-state index contributed by atoms with van der Waals surface area (Å²) in [4.78, 5) is 0. The van der Waals surface area contributed by atoms with E-state index in [4.69, 9.17) is 4.52 Å². The fourth-order valence-electron chi connectivity index (χ4n) is 2.10. The molecule has 0 unspecified atom stereocenters. The van der Waals surface area contributed by atoms with Gasteiger partial charge >= 0.3 is 7.25 Å². The van der Waals surface area contributed by atoms with E-state index in [1.54, 1.807) is 36.1 Å². The van der Waals surface area contributed by atoms with Crippen molar-refractivity contribution in [2.24, 2.45) is 7.05 Å². The number of hydrogen-bond acceptors (Lipinski definition) is 1. The molecular weight excluding hydrogens is 347 g/mol. The Bertz CT molecular complexity index is 758. The zero-order valence-electron chi connectivity index (χ0n) is 12.9. The summed E-state index contributed by atoms with van der Waals surface area (Å²) in [6, 6.07) is 12.2. The molecule has 9 heteroatoms. The predicted molar refractivity (Wildman–Crippen MR) is 80.9 cm³/mol. The molecule has 2 aromatic carbocycles. The van der Waals surface area contributed by atoms with Gasteiger partial charge in [0.1, 0.15) is 17.2 Å². The van der Waals surface area contributed by atoms with Crippen LogP contribution in [0.2, 0.25) is 0 Å². The van der Waals surface area contributed by atoms with E-state index in [-0.39, 0.29) is 11.6 Å². The normalized spacial score (nSPS) is 11.0. The molecule has 0 radical (unpaired) electrons. The van der Waals surface area contributed by atoms with E-state index in [0.717, 1.165) is 16.7 Å². The molecule has 3 aromatic rings. The van der Waals surface area contributed by atoms with Gasteiger partial charge in [0, 0.05) is 5.56 Å². The highest BCUT2D eigenvalue weighted by molar-refractivity contribution is 6.50. The molecule has 2 nitrogen and oxygen atoms in total. The van der Waals surface area contributed by atoms with E-state index in [9.17, 15) is 26.0 Å². The van der Waals surface area contributed by atoms with Crippen LogP contribution in [-0.2, 0) is 7.05 Å². The van der Waals surface area contributed by atoms with Crippen molar-refractivity contribution < 1.29 is 35.3 Å². The molecule has 0 aliphatic rings. The van der Waals surface area contributed by atoms with E-state index in [2.05, 4.69) is 0 Å². The Morgan fingerprint density at radius 1 is 0.760 bits per heavy atom. The van der Waals surface area contributed by atoms with Gasteiger partial charge in [0.05, 0.1) is 0 Å². The average molecular weight is 359 g/mol. The quantitative estimate of drug-likeness (QED) is 0.357. The molecule has 0 saturated heterocycles. The first-order chi connectivity index (χ1) is 11.6. The van der Waals surface area contributed by atoms with Crippen molar-refractivity contribution in [3.05, 3.63) is 66.4 Å². The lowest BCUT2D eigenvalue weighted by atomic mass is 10.0. The highest BCUT2D eigenvalue weighted by atomic mass is 19.5. The Morgan fingerprint density at radius 2 is 1.16 bits per heavy atom. The van der Waals surface area contributed by atoms with E-state index in [1.165, 1.54) is 24.3 Å². The van der Waals surface area contributed by atoms with Crippen LogP contribution in [0, 0.1) is 11.6 Å². The molecule has 0 N–H and O–H groups in total. The monoisotopic (exact) mass is 359 g/mol. The summed E-state index contributed by atoms with van der Waals surface area (Å²) in [6.45, 7) is 0. The lowest BCUT2D eigenvalue weighted by molar-refractivity contribution is -0.843. The molecule has 0 spiro atoms. The third kappa shape index (κ3) is 5.70. The topological polar surface area (TPSA) is 17.0 Å². The van der Waals surface area contributed by atoms with Gasteiger partial charge in [-0.25, -0.2) is 13.3 Å². The van der Waals surface area contributed by atoms with Gasteiger partial charge in [-0.3, -0.25) is 0 Å². The number of halogens is 6. The molecule has 0 atom stereocenters. The first kappa shape index (κ1) is 18.6. The Morgan fingerprint density at radius 3 is 1.60 bits per heavy atom. The number of benzene rings is 2. The summed E-state index contributed by atoms with van der Waals surface area (Å²) in [5.74, 6) is 0.0390. The lowest BCUT2D eigenvalue weighted by Crippen LogP contribution is -2.22. The fourth-order valence-corrected chi connectivity index (χ4v) is 2.10. The van der Waals surface area contributed by atoms with Gasteiger partial charge in [0.2, 0.25) is 12.0 Å². The minimum absolute atomic E-state index is 0.287. The molecule has 0 amide bonds. The third-order valence-electron chi connectivity index (χ3n) is 3.05. The SMILES string of the molecule is C[n+]1cc(-c2ccc(F)cc2)c(-c2ccc(F)cc2)o1.F[B-](F)(F)F. The van der Waals surface area contributed by atoms with Gasteiger partial charge in [-0.15, -0.1) is 0 Å². The number of nitrogens with zero attached hydrogens (tertiary/aromatic N) is 1. The maximum Gasteiger partial charge on any atom is 0.673 e. The van der Waals surface area contributed by atoms with Crippen LogP contribution in [0.4, 0.5) is 26.0 Å². The summed E-state index contributed by atoms with van der Waals surface area (Å²) in [5, 5.41) is 0. The smallest absolute Gasteiger partial charge is 0.418 e. The van der Waals surface area contributed by atoms with Crippen LogP contribution in [0.5, 0.6) is 0 Å². The summed E-state index contributed by atoms with van der Waals surface area (Å²) in [5.41, 5.74) is 2.44. The molecule has 3 rings (SSSR count). The first-order valence-corrected chi connectivity index (χ1v) is 7.02. The van der Waals surface area contributed by atoms with Crippen LogP contribution in [-0.4, -0.2) is 7.25 Å². The van der Waals surface area contributed by atoms with Crippen molar-refractivity contribution in [3.63, 3.8) is 0 Å². The van der Waals surface area contributed by atoms with E-state index >= 15 is 0 Å². The molecule has 0 aliphatic heterocycles. The number of rotatable bonds is 2. The second-order valence-electron chi connectivity index (χ2n) is 5.02. The van der Waals surface area contributed by atoms with Gasteiger partial charge in [-0.05, 0) is 46.7 Å². The zero-order chi connectivity index (χ0) is 18.6. The Labute approximate surface area is 139 Å². The van der Waals surface area contributed by atoms with Crippen LogP contribution in [0.1, 0.15) is 0 Å². The molecule has 25 heavy (non-hydrogen) atoms. The molecule has 1 aromatic heterocycles. The van der Waals surface area contributed by atoms with Gasteiger partial charge in [-0.1, -0.05) is 12.1 Å². The zero-order valence-corrected chi connectivity index (χ0v) is 12.9. The van der Waals surface area contributed by atoms with Crippen molar-refractivity contribution in [1.82, 2.24) is 0 Å². The van der Waals surface area contributed by atoms with Gasteiger partial charge in [0.25, 0.3) is 0 Å². The lowest BCUT2D eigenvalue weighted by Gasteiger charge is -1.99. The number of hydrogen-bond donors (Lipinski definition) is 0. The molecule has 0 saturated carbocycles. The van der Waals surface area contributed by atoms with Crippen molar-refractivity contribution in [3.8, 4) is 22.5 Å². The van der Waals surface area contributed by atoms with Crippen molar-refractivity contribution in [1.29, 1.82) is 0 Å². The van der Waals surface area contributed by atoms with E-state index in [0.29, 0.717) is 5.76 Å². The molecule has 0 bridgehead atoms. The van der Waals surface area contributed by atoms with Gasteiger partial charge < -0.3 is 17.3 Å². The standard InChI is InChI=1S/C16H12F2NO.BF4/c1-19-10-15(11-2-6-13(17)7-3-11)16(20-19)12-4-8-14(18)9-5-12;2-1(3,4)5/h2-10H,1H3;/q+1;-1. The first-order valence-electron chi connectivity index (χ1n) is 7.02. The maximum atomic E-state index is 13.0. The minimum atomic E-state index is -6.00. The van der Waals surface area contributed by atoms with E-state index < -0.39 is 7.25 Å². The molecule has 0 fully saturated rings. The highest BCUT2D eigenvalue weighted by Crippen LogP contribution is 2.31. The predicted octanol–water partition coefficient (Wildman–Crippen LogP) is 5.02. The molecule has 1 heterocycles. The minimum Gasteiger partial charge on any atom is -0.418 e. The van der Waals surface area contributed by atoms with Crippen LogP contribution < -0.4 is 4.74 Å². The average Bonchev–Trinajstić information content (AvgIpc) is 2.89. The highest BCUT2D eigenvalue weighted by Gasteiger charge is 2.20. The molecular formula is C16H12BF6NO. The Hall–Kier alpha value is -2.71. The van der Waals surface area contributed by atoms with E-state index in [1.807, 2.05) is 6.20 Å². The maximum absolute atomic E-state index is 13.0. The van der Waals surface area contributed by atoms with Crippen molar-refractivity contribution in [2.75, 3.05) is 0 Å². The van der Waals surface area contributed by atoms with Crippen molar-refractivity contribution >= 4 is 7.25 Å². The summed E-state index contributed by atoms with van der Waals surface area (Å²) in [6.07, 6.45) is 1.81. The largest absolute Gasteiger partial charge is 0.673 e. The second kappa shape index (κ2) is 7.46. The Balaban J connectivity index is 0.000000399. The van der Waals surface area contributed by atoms with Gasteiger partial charge in [0.15, 0.2) is 7.05 Å². The molecule has 0 aliphatic carbocycles. The van der Waals surface area contributed by atoms with Gasteiger partial charge in [-0.2, -0.15) is 0 Å². The third-order valence-corrected chi connectivity index (χ3v) is 3.05. The summed E-state index contributed by atoms with van der Waals surface area (Å²) in [7, 11) is -4.24. The summed E-state index contributed by atoms with van der Waals surface area (Å²) < 4.78 is 72.2. The Kier molecular flexibility index (Phi) is 5.56. The summed E-state index contributed by atoms with van der Waals surface area (Å²) >= 11 is 0. The second-order valence-corrected chi connectivity index (χ2v) is 5.02. The fraction of sp³-hybridized carbons (Fsp3) is 0.0625. The van der Waals surface area contributed by atoms with Crippen LogP contribution in [0.15, 0.2) is 59.3 Å². The number of aryl methyl sites for hydroxylation is 1. The van der Waals surface area contributed by atoms with Crippen LogP contribution in [0.3, 0.4) is 0 Å². The van der Waals surface area contributed by atoms with Crippen LogP contribution in [0.25, 0.3) is 22.5 Å². The van der Waals surface area contributed by atoms with Crippen LogP contribution >= 0.6 is 0 Å². The van der Waals surface area contributed by atoms with Crippen molar-refractivity contribution in [2.45, 2.75) is 0 Å².